The van der Waals surface area contributed by atoms with Crippen molar-refractivity contribution in [3.63, 3.8) is 0 Å². The minimum atomic E-state index is 0.527. The lowest BCUT2D eigenvalue weighted by Crippen LogP contribution is -2.04. The van der Waals surface area contributed by atoms with E-state index in [2.05, 4.69) is 95.6 Å². The summed E-state index contributed by atoms with van der Waals surface area (Å²) < 4.78 is 2.25. The average molecular weight is 652 g/mol. The molecule has 0 bridgehead atoms. The van der Waals surface area contributed by atoms with E-state index in [1.807, 2.05) is 91.0 Å². The van der Waals surface area contributed by atoms with E-state index < -0.39 is 0 Å². The van der Waals surface area contributed by atoms with E-state index in [9.17, 15) is 5.26 Å². The molecule has 0 atom stereocenters. The SMILES string of the molecule is N#Cc1ccc(-c2nc(-c3ccccc3)nc(-c3ccccc3)n2)c(-n2c3ccc(-c4ccccc4)cc3c3cc(-c4ccccc4)ccc32)c1. The minimum absolute atomic E-state index is 0.527. The Labute approximate surface area is 295 Å². The van der Waals surface area contributed by atoms with Gasteiger partial charge in [0.15, 0.2) is 17.5 Å². The molecule has 0 N–H and O–H groups in total. The molecule has 51 heavy (non-hydrogen) atoms. The van der Waals surface area contributed by atoms with Crippen molar-refractivity contribution in [3.05, 3.63) is 181 Å². The summed E-state index contributed by atoms with van der Waals surface area (Å²) in [5, 5.41) is 12.4. The maximum absolute atomic E-state index is 10.2. The summed E-state index contributed by atoms with van der Waals surface area (Å²) in [6.45, 7) is 0. The lowest BCUT2D eigenvalue weighted by molar-refractivity contribution is 1.06. The number of nitrogens with zero attached hydrogens (tertiary/aromatic N) is 5. The fraction of sp³-hybridized carbons (Fsp3) is 0. The molecular weight excluding hydrogens is 623 g/mol. The van der Waals surface area contributed by atoms with Crippen molar-refractivity contribution in [2.75, 3.05) is 0 Å². The highest BCUT2D eigenvalue weighted by Crippen LogP contribution is 2.40. The van der Waals surface area contributed by atoms with Crippen molar-refractivity contribution in [1.29, 1.82) is 5.26 Å². The van der Waals surface area contributed by atoms with Crippen molar-refractivity contribution >= 4 is 21.8 Å². The predicted octanol–water partition coefficient (Wildman–Crippen LogP) is 11.2. The predicted molar refractivity (Wildman–Crippen MR) is 206 cm³/mol. The quantitative estimate of drug-likeness (QED) is 0.179. The van der Waals surface area contributed by atoms with Crippen LogP contribution < -0.4 is 0 Å². The van der Waals surface area contributed by atoms with Crippen LogP contribution in [0.1, 0.15) is 5.56 Å². The van der Waals surface area contributed by atoms with Gasteiger partial charge in [0.25, 0.3) is 0 Å². The van der Waals surface area contributed by atoms with Crippen LogP contribution in [-0.2, 0) is 0 Å². The Hall–Kier alpha value is -7.16. The van der Waals surface area contributed by atoms with E-state index in [0.717, 1.165) is 66.4 Å². The number of aromatic nitrogens is 4. The molecule has 0 aliphatic heterocycles. The van der Waals surface area contributed by atoms with E-state index >= 15 is 0 Å². The Bertz CT molecular complexity index is 2580. The number of nitriles is 1. The number of fused-ring (bicyclic) bond motifs is 3. The highest BCUT2D eigenvalue weighted by molar-refractivity contribution is 6.12. The molecule has 9 aromatic rings. The summed E-state index contributed by atoms with van der Waals surface area (Å²) in [6, 6.07) is 62.2. The molecule has 0 saturated carbocycles. The molecule has 238 valence electrons. The highest BCUT2D eigenvalue weighted by atomic mass is 15.1. The van der Waals surface area contributed by atoms with Crippen molar-refractivity contribution < 1.29 is 0 Å². The molecule has 0 saturated heterocycles. The summed E-state index contributed by atoms with van der Waals surface area (Å²) in [4.78, 5) is 15.1. The third-order valence-corrected chi connectivity index (χ3v) is 9.29. The molecule has 5 nitrogen and oxygen atoms in total. The summed E-state index contributed by atoms with van der Waals surface area (Å²) in [6.07, 6.45) is 0. The number of rotatable bonds is 6. The molecule has 0 amide bonds. The van der Waals surface area contributed by atoms with Gasteiger partial charge in [-0.2, -0.15) is 5.26 Å². The molecule has 0 spiro atoms. The van der Waals surface area contributed by atoms with Gasteiger partial charge in [-0.15, -0.1) is 0 Å². The van der Waals surface area contributed by atoms with Crippen LogP contribution in [0.5, 0.6) is 0 Å². The van der Waals surface area contributed by atoms with Crippen molar-refractivity contribution in [2.24, 2.45) is 0 Å². The van der Waals surface area contributed by atoms with Gasteiger partial charge in [0.1, 0.15) is 0 Å². The first-order chi connectivity index (χ1) is 25.2. The molecule has 9 rings (SSSR count). The van der Waals surface area contributed by atoms with Gasteiger partial charge in [0.05, 0.1) is 28.4 Å². The van der Waals surface area contributed by atoms with Crippen molar-refractivity contribution in [3.8, 4) is 68.2 Å². The average Bonchev–Trinajstić information content (AvgIpc) is 3.54. The van der Waals surface area contributed by atoms with Gasteiger partial charge >= 0.3 is 0 Å². The fourth-order valence-corrected chi connectivity index (χ4v) is 6.81. The highest BCUT2D eigenvalue weighted by Gasteiger charge is 2.21. The molecule has 0 radical (unpaired) electrons. The molecule has 0 aliphatic rings. The molecule has 2 heterocycles. The molecule has 0 aliphatic carbocycles. The third-order valence-electron chi connectivity index (χ3n) is 9.29. The summed E-state index contributed by atoms with van der Waals surface area (Å²) in [5.41, 5.74) is 10.6. The van der Waals surface area contributed by atoms with E-state index in [0.29, 0.717) is 23.0 Å². The Morgan fingerprint density at radius 3 is 1.27 bits per heavy atom. The van der Waals surface area contributed by atoms with E-state index in [1.54, 1.807) is 0 Å². The fourth-order valence-electron chi connectivity index (χ4n) is 6.81. The van der Waals surface area contributed by atoms with Crippen molar-refractivity contribution in [2.45, 2.75) is 0 Å². The summed E-state index contributed by atoms with van der Waals surface area (Å²) in [5.74, 6) is 1.69. The topological polar surface area (TPSA) is 67.4 Å². The zero-order chi connectivity index (χ0) is 34.1. The first kappa shape index (κ1) is 29.9. The second-order valence-corrected chi connectivity index (χ2v) is 12.4. The van der Waals surface area contributed by atoms with Gasteiger partial charge in [-0.3, -0.25) is 0 Å². The first-order valence-corrected chi connectivity index (χ1v) is 16.8. The van der Waals surface area contributed by atoms with Gasteiger partial charge < -0.3 is 4.57 Å². The van der Waals surface area contributed by atoms with Crippen LogP contribution in [0.4, 0.5) is 0 Å². The zero-order valence-corrected chi connectivity index (χ0v) is 27.5. The van der Waals surface area contributed by atoms with Crippen LogP contribution in [0.3, 0.4) is 0 Å². The van der Waals surface area contributed by atoms with Crippen LogP contribution in [0.25, 0.3) is 83.9 Å². The zero-order valence-electron chi connectivity index (χ0n) is 27.5. The lowest BCUT2D eigenvalue weighted by Gasteiger charge is -2.15. The van der Waals surface area contributed by atoms with Crippen LogP contribution in [0.15, 0.2) is 176 Å². The van der Waals surface area contributed by atoms with E-state index in [1.165, 1.54) is 0 Å². The Balaban J connectivity index is 1.33. The maximum Gasteiger partial charge on any atom is 0.166 e. The lowest BCUT2D eigenvalue weighted by atomic mass is 10.0. The first-order valence-electron chi connectivity index (χ1n) is 16.8. The molecule has 0 unspecified atom stereocenters. The van der Waals surface area contributed by atoms with Gasteiger partial charge in [-0.1, -0.05) is 133 Å². The van der Waals surface area contributed by atoms with Gasteiger partial charge in [0, 0.05) is 27.5 Å². The molecule has 7 aromatic carbocycles. The Morgan fingerprint density at radius 2 is 0.824 bits per heavy atom. The Kier molecular flexibility index (Phi) is 7.46. The second-order valence-electron chi connectivity index (χ2n) is 12.4. The van der Waals surface area contributed by atoms with E-state index in [4.69, 9.17) is 15.0 Å². The van der Waals surface area contributed by atoms with Gasteiger partial charge in [0.2, 0.25) is 0 Å². The normalized spacial score (nSPS) is 11.1. The van der Waals surface area contributed by atoms with Crippen LogP contribution in [0.2, 0.25) is 0 Å². The summed E-state index contributed by atoms with van der Waals surface area (Å²) in [7, 11) is 0. The number of hydrogen-bond acceptors (Lipinski definition) is 4. The molecular formula is C46H29N5. The minimum Gasteiger partial charge on any atom is -0.308 e. The third kappa shape index (κ3) is 5.51. The maximum atomic E-state index is 10.2. The smallest absolute Gasteiger partial charge is 0.166 e. The van der Waals surface area contributed by atoms with Crippen LogP contribution in [0, 0.1) is 11.3 Å². The monoisotopic (exact) mass is 651 g/mol. The number of hydrogen-bond donors (Lipinski definition) is 0. The number of benzene rings is 7. The second kappa shape index (κ2) is 12.7. The van der Waals surface area contributed by atoms with Gasteiger partial charge in [-0.05, 0) is 64.7 Å². The van der Waals surface area contributed by atoms with Crippen LogP contribution >= 0.6 is 0 Å². The molecule has 5 heteroatoms. The van der Waals surface area contributed by atoms with Gasteiger partial charge in [-0.25, -0.2) is 15.0 Å². The summed E-state index contributed by atoms with van der Waals surface area (Å²) >= 11 is 0. The molecule has 0 fully saturated rings. The van der Waals surface area contributed by atoms with Crippen LogP contribution in [-0.4, -0.2) is 19.5 Å². The standard InChI is InChI=1S/C46H29N5/c47-30-31-21-24-38(46-49-44(34-17-9-3-10-18-34)48-45(50-46)35-19-11-4-12-20-35)43(27-31)51-41-25-22-36(32-13-5-1-6-14-32)28-39(41)40-29-37(23-26-42(40)51)33-15-7-2-8-16-33/h1-29H. The van der Waals surface area contributed by atoms with Crippen molar-refractivity contribution in [1.82, 2.24) is 19.5 Å². The molecule has 2 aromatic heterocycles. The largest absolute Gasteiger partial charge is 0.308 e. The Morgan fingerprint density at radius 1 is 0.392 bits per heavy atom. The van der Waals surface area contributed by atoms with E-state index in [-0.39, 0.29) is 0 Å².